The molecule has 8 heterocycles. The van der Waals surface area contributed by atoms with Crippen LogP contribution in [0, 0.1) is 11.3 Å². The smallest absolute Gasteiger partial charge is 0.407 e. The van der Waals surface area contributed by atoms with Crippen molar-refractivity contribution in [1.82, 2.24) is 50.7 Å². The van der Waals surface area contributed by atoms with Gasteiger partial charge in [-0.15, -0.1) is 0 Å². The number of fused-ring (bicyclic) bond motifs is 7. The van der Waals surface area contributed by atoms with Gasteiger partial charge < -0.3 is 124 Å². The molecule has 3 fully saturated rings. The number of aromatic amines is 2. The van der Waals surface area contributed by atoms with E-state index in [4.69, 9.17) is 91.2 Å². The van der Waals surface area contributed by atoms with Gasteiger partial charge in [0.2, 0.25) is 11.9 Å². The first-order chi connectivity index (χ1) is 68.3. The number of ketones is 2. The number of piperidine rings is 1. The summed E-state index contributed by atoms with van der Waals surface area (Å²) in [6.07, 6.45) is 8.39. The molecule has 2 bridgehead atoms. The number of anilines is 3. The average molecular weight is 2010 g/mol. The lowest BCUT2D eigenvalue weighted by Crippen LogP contribution is -2.81. The van der Waals surface area contributed by atoms with Crippen LogP contribution in [0.25, 0.3) is 22.1 Å². The lowest BCUT2D eigenvalue weighted by molar-refractivity contribution is -0.201. The number of hydrogen-bond acceptors (Lipinski definition) is 38. The van der Waals surface area contributed by atoms with Crippen LogP contribution in [0.5, 0.6) is 5.75 Å². The molecule has 1 spiro atoms. The van der Waals surface area contributed by atoms with Crippen molar-refractivity contribution in [3.8, 4) is 5.75 Å². The fourth-order valence-electron chi connectivity index (χ4n) is 19.9. The minimum absolute atomic E-state index is 0.0244. The first-order valence-electron chi connectivity index (χ1n) is 47.9. The topological polar surface area (TPSA) is 552 Å². The zero-order valence-electron chi connectivity index (χ0n) is 81.0. The van der Waals surface area contributed by atoms with Crippen LogP contribution < -0.4 is 42.2 Å². The Bertz CT molecular complexity index is 5120. The van der Waals surface area contributed by atoms with Gasteiger partial charge in [-0.3, -0.25) is 38.8 Å². The molecule has 3 aromatic heterocycles. The number of para-hydroxylation sites is 1. The van der Waals surface area contributed by atoms with Gasteiger partial charge in [-0.25, -0.2) is 19.6 Å². The largest absolute Gasteiger partial charge is 0.496 e. The van der Waals surface area contributed by atoms with E-state index >= 15 is 4.79 Å². The van der Waals surface area contributed by atoms with Crippen molar-refractivity contribution in [2.24, 2.45) is 11.3 Å². The molecular weight excluding hydrogens is 1880 g/mol. The molecular formula is C97H137N13O29S2. The number of alkyl carbamates (subject to hydrolysis) is 1. The van der Waals surface area contributed by atoms with E-state index in [1.165, 1.54) is 50.9 Å². The maximum absolute atomic E-state index is 15.2. The predicted octanol–water partition coefficient (Wildman–Crippen LogP) is 4.54. The monoisotopic (exact) mass is 2010 g/mol. The number of amides is 3. The van der Waals surface area contributed by atoms with Crippen molar-refractivity contribution in [3.05, 3.63) is 123 Å². The molecule has 6 aliphatic rings. The number of carbonyl (C=O) groups excluding carboxylic acids is 9. The average Bonchev–Trinajstić information content (AvgIpc) is 1.48. The maximum Gasteiger partial charge on any atom is 0.407 e. The summed E-state index contributed by atoms with van der Waals surface area (Å²) in [5, 5.41) is 60.7. The predicted molar refractivity (Wildman–Crippen MR) is 518 cm³/mol. The Morgan fingerprint density at radius 2 is 1.26 bits per heavy atom. The number of methoxy groups -OCH3 is 1. The number of aliphatic hydroxyl groups excluding tert-OH is 1. The summed E-state index contributed by atoms with van der Waals surface area (Å²) >= 11 is 0. The number of aromatic nitrogens is 5. The zero-order chi connectivity index (χ0) is 101. The molecule has 1 aliphatic carbocycles. The van der Waals surface area contributed by atoms with Gasteiger partial charge in [-0.05, 0) is 118 Å². The molecule has 12 rings (SSSR count). The van der Waals surface area contributed by atoms with Gasteiger partial charge in [0.1, 0.15) is 30.3 Å². The van der Waals surface area contributed by atoms with Gasteiger partial charge in [0.15, 0.2) is 22.5 Å². The molecule has 1 saturated carbocycles. The molecule has 5 aliphatic heterocycles. The summed E-state index contributed by atoms with van der Waals surface area (Å²) in [4.78, 5) is 149. The highest BCUT2D eigenvalue weighted by Gasteiger charge is 2.78. The quantitative estimate of drug-likeness (QED) is 0.0142. The molecule has 3 amide bonds. The van der Waals surface area contributed by atoms with Crippen LogP contribution in [0.4, 0.5) is 22.1 Å². The Morgan fingerprint density at radius 3 is 1.84 bits per heavy atom. The number of carboxylic acid groups (broad SMARTS) is 1. The lowest BCUT2D eigenvalue weighted by Gasteiger charge is -2.63. The van der Waals surface area contributed by atoms with Gasteiger partial charge in [0, 0.05) is 145 Å². The lowest BCUT2D eigenvalue weighted by atomic mass is 9.47. The van der Waals surface area contributed by atoms with Crippen molar-refractivity contribution in [2.75, 3.05) is 253 Å². The number of nitrogen functional groups attached to an aromatic ring is 1. The highest BCUT2D eigenvalue weighted by molar-refractivity contribution is 8.76. The fourth-order valence-corrected chi connectivity index (χ4v) is 21.6. The molecule has 2 saturated heterocycles. The Morgan fingerprint density at radius 1 is 0.674 bits per heavy atom. The van der Waals surface area contributed by atoms with Gasteiger partial charge in [0.25, 0.3) is 11.5 Å². The van der Waals surface area contributed by atoms with E-state index in [0.717, 1.165) is 54.0 Å². The third-order valence-corrected chi connectivity index (χ3v) is 28.6. The number of carboxylic acids is 1. The van der Waals surface area contributed by atoms with Crippen LogP contribution >= 0.6 is 21.6 Å². The second-order valence-corrected chi connectivity index (χ2v) is 37.9. The number of nitrogens with two attached hydrogens (primary N) is 1. The molecule has 3 aromatic carbocycles. The summed E-state index contributed by atoms with van der Waals surface area (Å²) in [6.45, 7) is 19.6. The third-order valence-electron chi connectivity index (χ3n) is 26.2. The minimum atomic E-state index is -2.36. The van der Waals surface area contributed by atoms with E-state index in [2.05, 4.69) is 112 Å². The third kappa shape index (κ3) is 31.3. The first kappa shape index (κ1) is 113. The van der Waals surface area contributed by atoms with E-state index in [1.807, 2.05) is 24.9 Å². The highest BCUT2D eigenvalue weighted by Crippen LogP contribution is 2.68. The molecule has 141 heavy (non-hydrogen) atoms. The second-order valence-electron chi connectivity index (χ2n) is 35.2. The summed E-state index contributed by atoms with van der Waals surface area (Å²) < 4.78 is 78.8. The van der Waals surface area contributed by atoms with Gasteiger partial charge >= 0.3 is 24.4 Å². The Hall–Kier alpha value is -9.84. The zero-order valence-corrected chi connectivity index (χ0v) is 82.6. The van der Waals surface area contributed by atoms with Crippen LogP contribution in [-0.4, -0.2) is 375 Å². The Kier molecular flexibility index (Phi) is 46.7. The fraction of sp³-hybridized carbons (Fsp3) is 0.629. The molecule has 42 nitrogen and oxygen atoms in total. The minimum Gasteiger partial charge on any atom is -0.496 e. The maximum atomic E-state index is 15.2. The van der Waals surface area contributed by atoms with Gasteiger partial charge in [-0.2, -0.15) is 24.2 Å². The number of nitrogens with zero attached hydrogens (tertiary/aromatic N) is 6. The van der Waals surface area contributed by atoms with E-state index in [9.17, 15) is 49.2 Å². The number of rotatable bonds is 63. The normalized spacial score (nSPS) is 22.1. The number of carbonyl (C=O) groups is 6. The van der Waals surface area contributed by atoms with E-state index in [1.54, 1.807) is 19.2 Å². The van der Waals surface area contributed by atoms with Crippen LogP contribution in [0.3, 0.4) is 0 Å². The highest BCUT2D eigenvalue weighted by atomic mass is 33.1. The molecule has 0 radical (unpaired) electrons. The van der Waals surface area contributed by atoms with Crippen molar-refractivity contribution < 1.29 is 135 Å². The number of likely N-dealkylation sites (N-methyl/N-ethyl adjacent to an activating group) is 1. The number of H-pyrrole nitrogens is 2. The van der Waals surface area contributed by atoms with Gasteiger partial charge in [-0.1, -0.05) is 65.8 Å². The Balaban J connectivity index is 0.00000332. The SMILES string of the molecule is CC[C@]1(O)C[C@H]2CN(CCc3c([nH]c4ccccc34)[C@@](C)(c3cc4c(cc3OC)N(C)[C@H]3[C@@](O)(C(=O)CNC(=O)OCCSSCCNC(=O)CCOCCOCCOCCOCCOCCOCCOCCOCCOCCOCCOCCOCCCC(=O)CC[C@H](NC(=O)c5ccc(NCc6cnc7nc(N)[nH]c(=O)c7n6)cc5)C(=O)O)[C@H](O)[C@]5(CC)C=CCN6CC[C@]43[C@@H]65)C2)C1.O=C=O.O=C=O. The number of nitrogens with one attached hydrogen (secondary N) is 6. The summed E-state index contributed by atoms with van der Waals surface area (Å²) in [6, 6.07) is 16.8. The number of aliphatic hydroxyl groups is 3. The number of aliphatic carboxylic acids is 1. The van der Waals surface area contributed by atoms with Crippen LogP contribution in [0.15, 0.2) is 83.8 Å². The molecule has 44 heteroatoms. The number of Topliss-reactive ketones (excluding diaryl/α,β-unsaturated/α-hetero) is 2. The van der Waals surface area contributed by atoms with E-state index in [-0.39, 0.29) is 104 Å². The van der Waals surface area contributed by atoms with E-state index < -0.39 is 81.5 Å². The standard InChI is InChI=1S/C95H137N13O25S2.2CO2/c1-6-92(118)59-65-58-91(3,81-71(21-27-107(63-65)64-92)70-13-8-9-14-74(70)102-81)73-56-72-76(57-77(73)120-5)106(4)87-94(72)24-28-108-26-11-23-93(7-2,86(94)108)88(116)95(87,119)78(110)62-100-90(117)133-53-55-135-134-54-25-97-79(111)22-30-122-32-34-124-36-38-126-40-42-128-44-46-130-48-50-132-52-51-131-49-47-129-45-43-127-41-39-125-37-35-123-33-31-121-29-10-12-69(109)19-20-75(85(114)115)103-83(112)66-15-17-67(18-16-66)98-60-68-61-99-82-80(101-68)84(113)105-89(96)104-82;2*2-1-3/h8-9,11,13-18,23,56-57,61,65,75,86-88,98,102,116,118-119H,6-7,10,12,19-22,24-55,58-60,62-64H2,1-5H3,(H,97,111)(H,100,117)(H,103,112)(H,114,115)(H3,96,99,104,105,113);;/t65-,75-,86-,87+,88+,91+,92-,93+,94+,95-;;/m0../s1. The van der Waals surface area contributed by atoms with Crippen molar-refractivity contribution in [1.29, 1.82) is 0 Å². The van der Waals surface area contributed by atoms with E-state index in [0.29, 0.717) is 239 Å². The molecule has 1 unspecified atom stereocenters. The number of benzene rings is 3. The molecule has 6 aromatic rings. The van der Waals surface area contributed by atoms with Crippen LogP contribution in [0.2, 0.25) is 0 Å². The second kappa shape index (κ2) is 58.2. The van der Waals surface area contributed by atoms with Gasteiger partial charge in [0.05, 0.1) is 196 Å². The Labute approximate surface area is 826 Å². The number of hydrogen-bond donors (Lipinski definition) is 11. The van der Waals surface area contributed by atoms with Crippen molar-refractivity contribution >= 4 is 109 Å². The molecule has 776 valence electrons. The van der Waals surface area contributed by atoms with Crippen LogP contribution in [-0.2, 0) is 124 Å². The first-order valence-corrected chi connectivity index (χ1v) is 50.4. The van der Waals surface area contributed by atoms with Crippen molar-refractivity contribution in [2.45, 2.75) is 144 Å². The summed E-state index contributed by atoms with van der Waals surface area (Å²) in [5.41, 5.74) is 7.10. The molecule has 12 N–H and O–H groups in total. The van der Waals surface area contributed by atoms with Crippen molar-refractivity contribution in [3.63, 3.8) is 0 Å². The van der Waals surface area contributed by atoms with Crippen LogP contribution in [0.1, 0.15) is 123 Å². The summed E-state index contributed by atoms with van der Waals surface area (Å²) in [5.74, 6) is -1.01. The molecule has 11 atom stereocenters. The summed E-state index contributed by atoms with van der Waals surface area (Å²) in [7, 11) is 6.60. The number of ether oxygens (including phenoxy) is 14.